The van der Waals surface area contributed by atoms with Crippen LogP contribution in [-0.4, -0.2) is 26.7 Å². The average molecular weight is 514 g/mol. The van der Waals surface area contributed by atoms with E-state index >= 15 is 0 Å². The predicted octanol–water partition coefficient (Wildman–Crippen LogP) is 6.52. The molecular weight excluding hydrogens is 482 g/mol. The van der Waals surface area contributed by atoms with Crippen LogP contribution in [0.3, 0.4) is 0 Å². The van der Waals surface area contributed by atoms with Gasteiger partial charge in [-0.1, -0.05) is 44.4 Å². The number of unbranched alkanes of at least 4 members (excludes halogenated alkanes) is 3. The molecule has 2 heterocycles. The third-order valence-electron chi connectivity index (χ3n) is 6.89. The lowest BCUT2D eigenvalue weighted by atomic mass is 9.97. The molecule has 0 aliphatic carbocycles. The van der Waals surface area contributed by atoms with Crippen LogP contribution in [0, 0.1) is 0 Å². The minimum atomic E-state index is -0.709. The predicted molar refractivity (Wildman–Crippen MR) is 147 cm³/mol. The van der Waals surface area contributed by atoms with Crippen LogP contribution >= 0.6 is 0 Å². The van der Waals surface area contributed by atoms with Crippen molar-refractivity contribution in [3.63, 3.8) is 0 Å². The van der Waals surface area contributed by atoms with E-state index in [2.05, 4.69) is 6.92 Å². The summed E-state index contributed by atoms with van der Waals surface area (Å²) in [6, 6.07) is 19.0. The standard InChI is InChI=1S/C31H31NO6/c1-4-5-6-9-18-37-25-17-12-20(19-26(25)36-3)28-27-29(33)23-10-7-8-11-24(23)38-30(27)31(34)32(28)21-13-15-22(35-2)16-14-21/h7-8,10-17,19,28H,4-6,9,18H2,1-3H3. The van der Waals surface area contributed by atoms with Gasteiger partial charge in [0.1, 0.15) is 11.3 Å². The quantitative estimate of drug-likeness (QED) is 0.225. The Balaban J connectivity index is 1.61. The van der Waals surface area contributed by atoms with E-state index in [0.717, 1.165) is 19.3 Å². The highest BCUT2D eigenvalue weighted by Gasteiger charge is 2.44. The van der Waals surface area contributed by atoms with Gasteiger partial charge in [0.15, 0.2) is 16.9 Å². The van der Waals surface area contributed by atoms with Crippen molar-refractivity contribution in [2.45, 2.75) is 38.6 Å². The zero-order valence-corrected chi connectivity index (χ0v) is 21.9. The van der Waals surface area contributed by atoms with Crippen molar-refractivity contribution in [3.05, 3.63) is 93.8 Å². The molecule has 7 heteroatoms. The Morgan fingerprint density at radius 3 is 2.39 bits per heavy atom. The van der Waals surface area contributed by atoms with Gasteiger partial charge in [0, 0.05) is 5.69 Å². The van der Waals surface area contributed by atoms with Gasteiger partial charge >= 0.3 is 0 Å². The maximum absolute atomic E-state index is 13.8. The molecule has 3 aromatic carbocycles. The Kier molecular flexibility index (Phi) is 7.36. The molecule has 0 saturated carbocycles. The maximum Gasteiger partial charge on any atom is 0.295 e. The lowest BCUT2D eigenvalue weighted by Crippen LogP contribution is -2.29. The summed E-state index contributed by atoms with van der Waals surface area (Å²) in [5, 5.41) is 0.430. The molecular formula is C31H31NO6. The lowest BCUT2D eigenvalue weighted by molar-refractivity contribution is 0.0971. The topological polar surface area (TPSA) is 78.2 Å². The molecule has 0 saturated heterocycles. The highest BCUT2D eigenvalue weighted by molar-refractivity contribution is 6.10. The summed E-state index contributed by atoms with van der Waals surface area (Å²) < 4.78 is 23.0. The Morgan fingerprint density at radius 1 is 0.868 bits per heavy atom. The number of rotatable bonds is 10. The fourth-order valence-electron chi connectivity index (χ4n) is 4.93. The Labute approximate surface area is 221 Å². The Hall–Kier alpha value is -4.26. The smallest absolute Gasteiger partial charge is 0.295 e. The van der Waals surface area contributed by atoms with E-state index in [9.17, 15) is 9.59 Å². The monoisotopic (exact) mass is 513 g/mol. The molecule has 1 aliphatic heterocycles. The van der Waals surface area contributed by atoms with E-state index in [1.165, 1.54) is 6.42 Å². The first-order valence-corrected chi connectivity index (χ1v) is 12.9. The fourth-order valence-corrected chi connectivity index (χ4v) is 4.93. The minimum Gasteiger partial charge on any atom is -0.497 e. The average Bonchev–Trinajstić information content (AvgIpc) is 3.25. The number of methoxy groups -OCH3 is 2. The van der Waals surface area contributed by atoms with E-state index in [0.29, 0.717) is 51.6 Å². The van der Waals surface area contributed by atoms with Crippen LogP contribution in [-0.2, 0) is 0 Å². The molecule has 1 unspecified atom stereocenters. The van der Waals surface area contributed by atoms with Crippen molar-refractivity contribution in [2.75, 3.05) is 25.7 Å². The second-order valence-corrected chi connectivity index (χ2v) is 9.27. The molecule has 1 aliphatic rings. The van der Waals surface area contributed by atoms with E-state index in [1.807, 2.05) is 18.2 Å². The molecule has 0 radical (unpaired) electrons. The van der Waals surface area contributed by atoms with Crippen molar-refractivity contribution in [1.29, 1.82) is 0 Å². The van der Waals surface area contributed by atoms with Gasteiger partial charge in [0.05, 0.1) is 37.8 Å². The Morgan fingerprint density at radius 2 is 1.66 bits per heavy atom. The van der Waals surface area contributed by atoms with Gasteiger partial charge in [-0.3, -0.25) is 14.5 Å². The molecule has 1 aromatic heterocycles. The molecule has 1 amide bonds. The van der Waals surface area contributed by atoms with Gasteiger partial charge in [-0.25, -0.2) is 0 Å². The van der Waals surface area contributed by atoms with Crippen molar-refractivity contribution in [3.8, 4) is 17.2 Å². The van der Waals surface area contributed by atoms with Gasteiger partial charge in [-0.15, -0.1) is 0 Å². The maximum atomic E-state index is 13.8. The number of anilines is 1. The Bertz CT molecular complexity index is 1510. The third-order valence-corrected chi connectivity index (χ3v) is 6.89. The molecule has 5 rings (SSSR count). The summed E-state index contributed by atoms with van der Waals surface area (Å²) >= 11 is 0. The highest BCUT2D eigenvalue weighted by Crippen LogP contribution is 2.43. The molecule has 7 nitrogen and oxygen atoms in total. The van der Waals surface area contributed by atoms with Crippen molar-refractivity contribution < 1.29 is 23.4 Å². The van der Waals surface area contributed by atoms with Crippen molar-refractivity contribution >= 4 is 22.6 Å². The summed E-state index contributed by atoms with van der Waals surface area (Å²) in [5.41, 5.74) is 1.78. The first-order valence-electron chi connectivity index (χ1n) is 12.9. The van der Waals surface area contributed by atoms with E-state index in [-0.39, 0.29) is 17.1 Å². The number of hydrogen-bond acceptors (Lipinski definition) is 6. The van der Waals surface area contributed by atoms with Crippen LogP contribution in [0.5, 0.6) is 17.2 Å². The molecule has 0 fully saturated rings. The van der Waals surface area contributed by atoms with Crippen LogP contribution in [0.4, 0.5) is 5.69 Å². The molecule has 0 spiro atoms. The van der Waals surface area contributed by atoms with Gasteiger partial charge < -0.3 is 18.6 Å². The second kappa shape index (κ2) is 11.0. The molecule has 0 bridgehead atoms. The van der Waals surface area contributed by atoms with E-state index in [4.69, 9.17) is 18.6 Å². The van der Waals surface area contributed by atoms with Crippen LogP contribution in [0.15, 0.2) is 75.9 Å². The van der Waals surface area contributed by atoms with Crippen LogP contribution in [0.25, 0.3) is 11.0 Å². The SMILES string of the molecule is CCCCCCOc1ccc(C2c3c(oc4ccccc4c3=O)C(=O)N2c2ccc(OC)cc2)cc1OC. The highest BCUT2D eigenvalue weighted by atomic mass is 16.5. The van der Waals surface area contributed by atoms with Crippen LogP contribution in [0.2, 0.25) is 0 Å². The summed E-state index contributed by atoms with van der Waals surface area (Å²) in [4.78, 5) is 29.1. The van der Waals surface area contributed by atoms with Gasteiger partial charge in [0.2, 0.25) is 5.76 Å². The lowest BCUT2D eigenvalue weighted by Gasteiger charge is -2.26. The van der Waals surface area contributed by atoms with Crippen molar-refractivity contribution in [1.82, 2.24) is 0 Å². The van der Waals surface area contributed by atoms with E-state index < -0.39 is 6.04 Å². The number of benzene rings is 3. The second-order valence-electron chi connectivity index (χ2n) is 9.27. The van der Waals surface area contributed by atoms with Gasteiger partial charge in [-0.2, -0.15) is 0 Å². The molecule has 196 valence electrons. The normalized spacial score (nSPS) is 14.6. The number of carbonyl (C=O) groups is 1. The third kappa shape index (κ3) is 4.60. The number of para-hydroxylation sites is 1. The van der Waals surface area contributed by atoms with E-state index in [1.54, 1.807) is 67.7 Å². The first kappa shape index (κ1) is 25.4. The van der Waals surface area contributed by atoms with Crippen LogP contribution < -0.4 is 24.5 Å². The first-order chi connectivity index (χ1) is 18.6. The number of ether oxygens (including phenoxy) is 3. The largest absolute Gasteiger partial charge is 0.497 e. The number of amides is 1. The molecule has 4 aromatic rings. The molecule has 1 atom stereocenters. The number of carbonyl (C=O) groups excluding carboxylic acids is 1. The molecule has 0 N–H and O–H groups in total. The molecule has 38 heavy (non-hydrogen) atoms. The van der Waals surface area contributed by atoms with Crippen LogP contribution in [0.1, 0.15) is 60.3 Å². The summed E-state index contributed by atoms with van der Waals surface area (Å²) in [7, 11) is 3.17. The minimum absolute atomic E-state index is 0.0461. The van der Waals surface area contributed by atoms with Crippen molar-refractivity contribution in [2.24, 2.45) is 0 Å². The number of hydrogen-bond donors (Lipinski definition) is 0. The zero-order valence-electron chi connectivity index (χ0n) is 21.9. The summed E-state index contributed by atoms with van der Waals surface area (Å²) in [6.45, 7) is 2.77. The zero-order chi connectivity index (χ0) is 26.6. The number of nitrogens with zero attached hydrogens (tertiary/aromatic N) is 1. The summed E-state index contributed by atoms with van der Waals surface area (Å²) in [5.74, 6) is 1.49. The summed E-state index contributed by atoms with van der Waals surface area (Å²) in [6.07, 6.45) is 4.40. The fraction of sp³-hybridized carbons (Fsp3) is 0.290. The van der Waals surface area contributed by atoms with Gasteiger partial charge in [-0.05, 0) is 60.5 Å². The van der Waals surface area contributed by atoms with Gasteiger partial charge in [0.25, 0.3) is 5.91 Å². The number of fused-ring (bicyclic) bond motifs is 2.